The van der Waals surface area contributed by atoms with E-state index in [0.717, 1.165) is 31.2 Å². The topological polar surface area (TPSA) is 93.9 Å². The molecule has 7 nitrogen and oxygen atoms in total. The van der Waals surface area contributed by atoms with Crippen molar-refractivity contribution in [2.45, 2.75) is 44.3 Å². The van der Waals surface area contributed by atoms with Crippen molar-refractivity contribution in [2.24, 2.45) is 5.73 Å². The van der Waals surface area contributed by atoms with Gasteiger partial charge in [0.05, 0.1) is 0 Å². The molecule has 0 atom stereocenters. The standard InChI is InChI=1S/C28H29N3O4/c29-22-10-12-24(13-11-22)31(28(33)21-9-14-25-26(16-21)35-18-34-25)17-19-5-4-8-23(15-19)30-27(32)20-6-2-1-3-7-20/h1-9,14-16,22,24H,10-13,17-18,29H2,(H,30,32). The van der Waals surface area contributed by atoms with Gasteiger partial charge in [-0.25, -0.2) is 0 Å². The van der Waals surface area contributed by atoms with Crippen molar-refractivity contribution in [3.8, 4) is 11.5 Å². The number of nitrogens with one attached hydrogen (secondary N) is 1. The Bertz CT molecular complexity index is 1210. The average Bonchev–Trinajstić information content (AvgIpc) is 3.36. The van der Waals surface area contributed by atoms with E-state index in [9.17, 15) is 9.59 Å². The van der Waals surface area contributed by atoms with E-state index in [1.165, 1.54) is 0 Å². The molecule has 7 heteroatoms. The van der Waals surface area contributed by atoms with Gasteiger partial charge in [0.25, 0.3) is 11.8 Å². The maximum atomic E-state index is 13.7. The molecule has 1 aliphatic heterocycles. The van der Waals surface area contributed by atoms with Gasteiger partial charge in [-0.2, -0.15) is 0 Å². The normalized spacial score (nSPS) is 18.7. The number of carbonyl (C=O) groups excluding carboxylic acids is 2. The predicted molar refractivity (Wildman–Crippen MR) is 134 cm³/mol. The molecule has 1 heterocycles. The van der Waals surface area contributed by atoms with E-state index in [1.54, 1.807) is 30.3 Å². The second-order valence-electron chi connectivity index (χ2n) is 9.09. The summed E-state index contributed by atoms with van der Waals surface area (Å²) in [6.07, 6.45) is 3.51. The van der Waals surface area contributed by atoms with Crippen LogP contribution in [0.2, 0.25) is 0 Å². The van der Waals surface area contributed by atoms with Crippen LogP contribution in [0.15, 0.2) is 72.8 Å². The molecule has 0 unspecified atom stereocenters. The van der Waals surface area contributed by atoms with Crippen molar-refractivity contribution in [3.63, 3.8) is 0 Å². The maximum Gasteiger partial charge on any atom is 0.255 e. The monoisotopic (exact) mass is 471 g/mol. The number of carbonyl (C=O) groups is 2. The van der Waals surface area contributed by atoms with Crippen molar-refractivity contribution in [3.05, 3.63) is 89.5 Å². The number of rotatable bonds is 6. The fourth-order valence-electron chi connectivity index (χ4n) is 4.71. The number of ether oxygens (including phenoxy) is 2. The smallest absolute Gasteiger partial charge is 0.255 e. The number of amides is 2. The Morgan fingerprint density at radius 1 is 0.857 bits per heavy atom. The van der Waals surface area contributed by atoms with E-state index in [-0.39, 0.29) is 30.7 Å². The highest BCUT2D eigenvalue weighted by Gasteiger charge is 2.29. The zero-order valence-corrected chi connectivity index (χ0v) is 19.5. The summed E-state index contributed by atoms with van der Waals surface area (Å²) >= 11 is 0. The van der Waals surface area contributed by atoms with E-state index in [0.29, 0.717) is 34.9 Å². The van der Waals surface area contributed by atoms with Crippen LogP contribution in [0.4, 0.5) is 5.69 Å². The highest BCUT2D eigenvalue weighted by atomic mass is 16.7. The van der Waals surface area contributed by atoms with Gasteiger partial charge in [0, 0.05) is 35.4 Å². The highest BCUT2D eigenvalue weighted by molar-refractivity contribution is 6.04. The van der Waals surface area contributed by atoms with Crippen LogP contribution < -0.4 is 20.5 Å². The summed E-state index contributed by atoms with van der Waals surface area (Å²) in [5, 5.41) is 2.96. The molecule has 3 aromatic carbocycles. The van der Waals surface area contributed by atoms with Crippen LogP contribution in [-0.2, 0) is 6.54 Å². The largest absolute Gasteiger partial charge is 0.454 e. The van der Waals surface area contributed by atoms with Crippen LogP contribution in [0.3, 0.4) is 0 Å². The number of fused-ring (bicyclic) bond motifs is 1. The molecule has 35 heavy (non-hydrogen) atoms. The van der Waals surface area contributed by atoms with Crippen molar-refractivity contribution >= 4 is 17.5 Å². The molecule has 2 aliphatic rings. The van der Waals surface area contributed by atoms with E-state index >= 15 is 0 Å². The fourth-order valence-corrected chi connectivity index (χ4v) is 4.71. The third kappa shape index (κ3) is 5.30. The molecule has 1 saturated carbocycles. The maximum absolute atomic E-state index is 13.7. The summed E-state index contributed by atoms with van der Waals surface area (Å²) in [7, 11) is 0. The van der Waals surface area contributed by atoms with Crippen LogP contribution in [0.25, 0.3) is 0 Å². The van der Waals surface area contributed by atoms with E-state index in [4.69, 9.17) is 15.2 Å². The van der Waals surface area contributed by atoms with Gasteiger partial charge in [0.1, 0.15) is 0 Å². The highest BCUT2D eigenvalue weighted by Crippen LogP contribution is 2.34. The van der Waals surface area contributed by atoms with E-state index in [1.807, 2.05) is 47.4 Å². The predicted octanol–water partition coefficient (Wildman–Crippen LogP) is 4.58. The first kappa shape index (κ1) is 22.9. The lowest BCUT2D eigenvalue weighted by Gasteiger charge is -2.36. The van der Waals surface area contributed by atoms with Gasteiger partial charge in [-0.3, -0.25) is 9.59 Å². The minimum atomic E-state index is -0.169. The van der Waals surface area contributed by atoms with E-state index < -0.39 is 0 Å². The van der Waals surface area contributed by atoms with Crippen molar-refractivity contribution < 1.29 is 19.1 Å². The first-order chi connectivity index (χ1) is 17.1. The van der Waals surface area contributed by atoms with Gasteiger partial charge >= 0.3 is 0 Å². The zero-order chi connectivity index (χ0) is 24.2. The van der Waals surface area contributed by atoms with Gasteiger partial charge < -0.3 is 25.4 Å². The van der Waals surface area contributed by atoms with Gasteiger partial charge in [-0.15, -0.1) is 0 Å². The average molecular weight is 472 g/mol. The molecule has 0 radical (unpaired) electrons. The zero-order valence-electron chi connectivity index (χ0n) is 19.5. The molecule has 2 amide bonds. The number of benzene rings is 3. The van der Waals surface area contributed by atoms with Crippen LogP contribution in [0, 0.1) is 0 Å². The summed E-state index contributed by atoms with van der Waals surface area (Å²) in [6, 6.07) is 22.4. The Labute approximate surface area is 204 Å². The van der Waals surface area contributed by atoms with Crippen molar-refractivity contribution in [1.29, 1.82) is 0 Å². The van der Waals surface area contributed by atoms with Crippen LogP contribution in [-0.4, -0.2) is 35.6 Å². The summed E-state index contributed by atoms with van der Waals surface area (Å²) < 4.78 is 10.9. The van der Waals surface area contributed by atoms with Gasteiger partial charge in [-0.1, -0.05) is 30.3 Å². The summed E-state index contributed by atoms with van der Waals surface area (Å²) in [4.78, 5) is 28.2. The second kappa shape index (κ2) is 10.2. The van der Waals surface area contributed by atoms with Gasteiger partial charge in [-0.05, 0) is 73.7 Å². The Balaban J connectivity index is 1.37. The SMILES string of the molecule is NC1CCC(N(Cc2cccc(NC(=O)c3ccccc3)c2)C(=O)c2ccc3c(c2)OCO3)CC1. The van der Waals surface area contributed by atoms with E-state index in [2.05, 4.69) is 5.32 Å². The lowest BCUT2D eigenvalue weighted by Crippen LogP contribution is -2.43. The quantitative estimate of drug-likeness (QED) is 0.549. The van der Waals surface area contributed by atoms with Crippen molar-refractivity contribution in [2.75, 3.05) is 12.1 Å². The number of nitrogens with two attached hydrogens (primary N) is 1. The Morgan fingerprint density at radius 3 is 2.43 bits per heavy atom. The molecular formula is C28H29N3O4. The number of nitrogens with zero attached hydrogens (tertiary/aromatic N) is 1. The molecule has 1 aliphatic carbocycles. The minimum Gasteiger partial charge on any atom is -0.454 e. The Morgan fingerprint density at radius 2 is 1.63 bits per heavy atom. The molecular weight excluding hydrogens is 442 g/mol. The molecule has 0 aromatic heterocycles. The Hall–Kier alpha value is -3.84. The van der Waals surface area contributed by atoms with Gasteiger partial charge in [0.15, 0.2) is 11.5 Å². The summed E-state index contributed by atoms with van der Waals surface area (Å²) in [6.45, 7) is 0.598. The van der Waals surface area contributed by atoms with Crippen molar-refractivity contribution in [1.82, 2.24) is 4.90 Å². The van der Waals surface area contributed by atoms with Crippen LogP contribution in [0.1, 0.15) is 52.0 Å². The number of anilines is 1. The lowest BCUT2D eigenvalue weighted by atomic mass is 9.90. The molecule has 1 fully saturated rings. The Kier molecular flexibility index (Phi) is 6.68. The molecule has 5 rings (SSSR count). The summed E-state index contributed by atoms with van der Waals surface area (Å²) in [5.74, 6) is 1.02. The molecule has 180 valence electrons. The molecule has 0 saturated heterocycles. The minimum absolute atomic E-state index is 0.0532. The molecule has 0 bridgehead atoms. The van der Waals surface area contributed by atoms with Crippen LogP contribution in [0.5, 0.6) is 11.5 Å². The lowest BCUT2D eigenvalue weighted by molar-refractivity contribution is 0.0606. The third-order valence-corrected chi connectivity index (χ3v) is 6.64. The first-order valence-electron chi connectivity index (χ1n) is 12.0. The van der Waals surface area contributed by atoms with Gasteiger partial charge in [0.2, 0.25) is 6.79 Å². The molecule has 0 spiro atoms. The second-order valence-corrected chi connectivity index (χ2v) is 9.09. The first-order valence-corrected chi connectivity index (χ1v) is 12.0. The van der Waals surface area contributed by atoms with Crippen LogP contribution >= 0.6 is 0 Å². The number of hydrogen-bond acceptors (Lipinski definition) is 5. The molecule has 3 aromatic rings. The molecule has 3 N–H and O–H groups in total. The number of hydrogen-bond donors (Lipinski definition) is 2. The third-order valence-electron chi connectivity index (χ3n) is 6.64. The fraction of sp³-hybridized carbons (Fsp3) is 0.286. The summed E-state index contributed by atoms with van der Waals surface area (Å²) in [5.41, 5.74) is 8.94.